The Bertz CT molecular complexity index is 595. The predicted molar refractivity (Wildman–Crippen MR) is 77.4 cm³/mol. The van der Waals surface area contributed by atoms with E-state index in [2.05, 4.69) is 6.07 Å². The van der Waals surface area contributed by atoms with Crippen LogP contribution in [-0.4, -0.2) is 34.5 Å². The van der Waals surface area contributed by atoms with Crippen molar-refractivity contribution < 1.29 is 14.7 Å². The van der Waals surface area contributed by atoms with E-state index < -0.39 is 5.97 Å². The summed E-state index contributed by atoms with van der Waals surface area (Å²) in [6.45, 7) is 0.459. The van der Waals surface area contributed by atoms with Crippen LogP contribution in [0.25, 0.3) is 6.08 Å². The molecular weight excluding hydrogens is 268 g/mol. The van der Waals surface area contributed by atoms with Gasteiger partial charge in [-0.25, -0.2) is 4.79 Å². The van der Waals surface area contributed by atoms with Crippen LogP contribution in [-0.2, 0) is 4.79 Å². The maximum absolute atomic E-state index is 12.4. The first-order valence-electron chi connectivity index (χ1n) is 6.81. The van der Waals surface area contributed by atoms with E-state index in [0.29, 0.717) is 18.5 Å². The van der Waals surface area contributed by atoms with E-state index in [1.54, 1.807) is 29.2 Å². The number of amides is 1. The Labute approximate surface area is 123 Å². The average molecular weight is 284 g/mol. The van der Waals surface area contributed by atoms with E-state index in [4.69, 9.17) is 10.4 Å². The van der Waals surface area contributed by atoms with Gasteiger partial charge >= 0.3 is 5.97 Å². The molecule has 108 valence electrons. The van der Waals surface area contributed by atoms with Crippen molar-refractivity contribution in [3.05, 3.63) is 41.5 Å². The summed E-state index contributed by atoms with van der Waals surface area (Å²) in [5.74, 6) is -1.08. The smallest absolute Gasteiger partial charge is 0.328 e. The fourth-order valence-electron chi connectivity index (χ4n) is 2.08. The third-order valence-corrected chi connectivity index (χ3v) is 3.29. The Hall–Kier alpha value is -2.61. The van der Waals surface area contributed by atoms with Crippen LogP contribution in [0.4, 0.5) is 0 Å². The molecule has 5 nitrogen and oxygen atoms in total. The van der Waals surface area contributed by atoms with Crippen molar-refractivity contribution in [1.29, 1.82) is 5.26 Å². The second-order valence-electron chi connectivity index (χ2n) is 4.93. The van der Waals surface area contributed by atoms with Crippen LogP contribution in [0.15, 0.2) is 30.3 Å². The zero-order chi connectivity index (χ0) is 15.2. The Balaban J connectivity index is 2.07. The van der Waals surface area contributed by atoms with Gasteiger partial charge in [0.05, 0.1) is 12.5 Å². The molecule has 1 N–H and O–H groups in total. The predicted octanol–water partition coefficient (Wildman–Crippen LogP) is 2.30. The Morgan fingerprint density at radius 1 is 1.33 bits per heavy atom. The standard InChI is InChI=1S/C16H16N2O3/c17-10-1-11-18(14-7-8-14)16(21)13-5-2-12(3-6-13)4-9-15(19)20/h2-6,9,14H,1,7-8,11H2,(H,19,20). The minimum absolute atomic E-state index is 0.0680. The maximum atomic E-state index is 12.4. The van der Waals surface area contributed by atoms with Crippen LogP contribution >= 0.6 is 0 Å². The van der Waals surface area contributed by atoms with Crippen molar-refractivity contribution in [2.24, 2.45) is 0 Å². The van der Waals surface area contributed by atoms with Gasteiger partial charge in [-0.1, -0.05) is 12.1 Å². The summed E-state index contributed by atoms with van der Waals surface area (Å²) >= 11 is 0. The molecule has 1 aliphatic carbocycles. The van der Waals surface area contributed by atoms with Crippen LogP contribution in [0, 0.1) is 11.3 Å². The van der Waals surface area contributed by atoms with Crippen molar-refractivity contribution in [2.75, 3.05) is 6.54 Å². The zero-order valence-corrected chi connectivity index (χ0v) is 11.5. The van der Waals surface area contributed by atoms with Gasteiger partial charge in [0, 0.05) is 24.2 Å². The molecular formula is C16H16N2O3. The minimum Gasteiger partial charge on any atom is -0.478 e. The van der Waals surface area contributed by atoms with Gasteiger partial charge in [-0.15, -0.1) is 0 Å². The summed E-state index contributed by atoms with van der Waals surface area (Å²) in [7, 11) is 0. The lowest BCUT2D eigenvalue weighted by atomic mass is 10.1. The number of aliphatic carboxylic acids is 1. The lowest BCUT2D eigenvalue weighted by Crippen LogP contribution is -2.33. The fourth-order valence-corrected chi connectivity index (χ4v) is 2.08. The summed E-state index contributed by atoms with van der Waals surface area (Å²) in [5.41, 5.74) is 1.29. The molecule has 0 unspecified atom stereocenters. The molecule has 1 amide bonds. The number of hydrogen-bond donors (Lipinski definition) is 1. The van der Waals surface area contributed by atoms with E-state index in [1.165, 1.54) is 6.08 Å². The highest BCUT2D eigenvalue weighted by molar-refractivity contribution is 5.95. The Morgan fingerprint density at radius 2 is 2.00 bits per heavy atom. The normalized spacial score (nSPS) is 13.9. The van der Waals surface area contributed by atoms with Crippen LogP contribution in [0.3, 0.4) is 0 Å². The molecule has 0 aromatic heterocycles. The number of carboxylic acids is 1. The van der Waals surface area contributed by atoms with E-state index in [0.717, 1.165) is 24.5 Å². The van der Waals surface area contributed by atoms with E-state index in [1.807, 2.05) is 0 Å². The van der Waals surface area contributed by atoms with Crippen molar-refractivity contribution in [2.45, 2.75) is 25.3 Å². The average Bonchev–Trinajstić information content (AvgIpc) is 3.30. The number of benzene rings is 1. The second kappa shape index (κ2) is 6.71. The van der Waals surface area contributed by atoms with E-state index >= 15 is 0 Å². The summed E-state index contributed by atoms with van der Waals surface area (Å²) in [6, 6.07) is 9.12. The second-order valence-corrected chi connectivity index (χ2v) is 4.93. The number of nitrogens with zero attached hydrogens (tertiary/aromatic N) is 2. The summed E-state index contributed by atoms with van der Waals surface area (Å²) in [6.07, 6.45) is 4.86. The molecule has 0 spiro atoms. The third-order valence-electron chi connectivity index (χ3n) is 3.29. The minimum atomic E-state index is -1.01. The molecule has 0 aliphatic heterocycles. The van der Waals surface area contributed by atoms with E-state index in [9.17, 15) is 9.59 Å². The molecule has 1 aromatic rings. The molecule has 5 heteroatoms. The zero-order valence-electron chi connectivity index (χ0n) is 11.5. The van der Waals surface area contributed by atoms with Crippen LogP contribution in [0.2, 0.25) is 0 Å². The van der Waals surface area contributed by atoms with E-state index in [-0.39, 0.29) is 11.9 Å². The number of hydrogen-bond acceptors (Lipinski definition) is 3. The lowest BCUT2D eigenvalue weighted by Gasteiger charge is -2.21. The third kappa shape index (κ3) is 4.18. The molecule has 1 fully saturated rings. The molecule has 21 heavy (non-hydrogen) atoms. The number of rotatable bonds is 6. The Morgan fingerprint density at radius 3 is 2.52 bits per heavy atom. The van der Waals surface area contributed by atoms with Crippen molar-refractivity contribution in [3.8, 4) is 6.07 Å². The van der Waals surface area contributed by atoms with Crippen molar-refractivity contribution >= 4 is 18.0 Å². The largest absolute Gasteiger partial charge is 0.478 e. The van der Waals surface area contributed by atoms with Gasteiger partial charge in [-0.3, -0.25) is 4.79 Å². The van der Waals surface area contributed by atoms with Gasteiger partial charge < -0.3 is 10.0 Å². The van der Waals surface area contributed by atoms with Gasteiger partial charge in [-0.05, 0) is 36.6 Å². The number of carbonyl (C=O) groups is 2. The quantitative estimate of drug-likeness (QED) is 0.813. The number of nitriles is 1. The molecule has 0 radical (unpaired) electrons. The lowest BCUT2D eigenvalue weighted by molar-refractivity contribution is -0.131. The molecule has 0 atom stereocenters. The topological polar surface area (TPSA) is 81.4 Å². The number of carboxylic acid groups (broad SMARTS) is 1. The number of carbonyl (C=O) groups excluding carboxylic acids is 1. The highest BCUT2D eigenvalue weighted by Crippen LogP contribution is 2.28. The van der Waals surface area contributed by atoms with Gasteiger partial charge in [-0.2, -0.15) is 5.26 Å². The first kappa shape index (κ1) is 14.8. The Kier molecular flexibility index (Phi) is 4.72. The fraction of sp³-hybridized carbons (Fsp3) is 0.312. The van der Waals surface area contributed by atoms with Crippen LogP contribution in [0.1, 0.15) is 35.2 Å². The highest BCUT2D eigenvalue weighted by atomic mass is 16.4. The molecule has 2 rings (SSSR count). The van der Waals surface area contributed by atoms with Crippen LogP contribution < -0.4 is 0 Å². The first-order valence-corrected chi connectivity index (χ1v) is 6.81. The molecule has 0 heterocycles. The van der Waals surface area contributed by atoms with Gasteiger partial charge in [0.2, 0.25) is 0 Å². The molecule has 0 bridgehead atoms. The summed E-state index contributed by atoms with van der Waals surface area (Å²) < 4.78 is 0. The van der Waals surface area contributed by atoms with Gasteiger partial charge in [0.1, 0.15) is 0 Å². The summed E-state index contributed by atoms with van der Waals surface area (Å²) in [5, 5.41) is 17.2. The SMILES string of the molecule is N#CCCN(C(=O)c1ccc(C=CC(=O)O)cc1)C1CC1. The van der Waals surface area contributed by atoms with Gasteiger partial charge in [0.25, 0.3) is 5.91 Å². The summed E-state index contributed by atoms with van der Waals surface area (Å²) in [4.78, 5) is 24.6. The van der Waals surface area contributed by atoms with Crippen molar-refractivity contribution in [3.63, 3.8) is 0 Å². The molecule has 1 saturated carbocycles. The molecule has 0 saturated heterocycles. The monoisotopic (exact) mass is 284 g/mol. The molecule has 1 aromatic carbocycles. The van der Waals surface area contributed by atoms with Crippen molar-refractivity contribution in [1.82, 2.24) is 4.90 Å². The highest BCUT2D eigenvalue weighted by Gasteiger charge is 2.32. The molecule has 1 aliphatic rings. The van der Waals surface area contributed by atoms with Crippen LogP contribution in [0.5, 0.6) is 0 Å². The first-order chi connectivity index (χ1) is 10.1. The van der Waals surface area contributed by atoms with Gasteiger partial charge in [0.15, 0.2) is 0 Å². The maximum Gasteiger partial charge on any atom is 0.328 e.